The number of ether oxygens (including phenoxy) is 1. The summed E-state index contributed by atoms with van der Waals surface area (Å²) in [7, 11) is 1.72. The Balaban J connectivity index is 2.28. The first-order valence-corrected chi connectivity index (χ1v) is 7.42. The molecule has 1 aromatic rings. The molecule has 1 aliphatic rings. The number of anilines is 1. The Bertz CT molecular complexity index is 480. The van der Waals surface area contributed by atoms with Gasteiger partial charge in [0.2, 0.25) is 0 Å². The first-order valence-electron chi connectivity index (χ1n) is 6.62. The molecule has 102 valence electrons. The lowest BCUT2D eigenvalue weighted by Crippen LogP contribution is -2.37. The fourth-order valence-electron chi connectivity index (χ4n) is 2.41. The average Bonchev–Trinajstić information content (AvgIpc) is 3.24. The van der Waals surface area contributed by atoms with Gasteiger partial charge < -0.3 is 9.64 Å². The molecule has 0 amide bonds. The molecule has 0 aromatic heterocycles. The Hall–Kier alpha value is -1.05. The number of benzene rings is 1. The van der Waals surface area contributed by atoms with E-state index in [1.807, 2.05) is 18.2 Å². The van der Waals surface area contributed by atoms with Crippen LogP contribution >= 0.6 is 15.9 Å². The first-order chi connectivity index (χ1) is 9.17. The number of methoxy groups -OCH3 is 1. The molecule has 1 unspecified atom stereocenters. The summed E-state index contributed by atoms with van der Waals surface area (Å²) in [4.78, 5) is 2.31. The van der Waals surface area contributed by atoms with Crippen LogP contribution in [-0.2, 0) is 4.74 Å². The molecule has 4 heteroatoms. The molecule has 0 bridgehead atoms. The highest BCUT2D eigenvalue weighted by molar-refractivity contribution is 9.10. The van der Waals surface area contributed by atoms with Crippen molar-refractivity contribution in [3.63, 3.8) is 0 Å². The van der Waals surface area contributed by atoms with Crippen LogP contribution in [0.25, 0.3) is 0 Å². The molecule has 0 radical (unpaired) electrons. The van der Waals surface area contributed by atoms with Crippen LogP contribution in [0.15, 0.2) is 22.7 Å². The summed E-state index contributed by atoms with van der Waals surface area (Å²) in [5.41, 5.74) is 1.74. The minimum Gasteiger partial charge on any atom is -0.383 e. The van der Waals surface area contributed by atoms with E-state index >= 15 is 0 Å². The summed E-state index contributed by atoms with van der Waals surface area (Å²) in [5.74, 6) is 0.757. The normalized spacial score (nSPS) is 15.9. The summed E-state index contributed by atoms with van der Waals surface area (Å²) in [6.45, 7) is 3.75. The molecule has 1 saturated carbocycles. The third kappa shape index (κ3) is 3.49. The predicted octanol–water partition coefficient (Wildman–Crippen LogP) is 3.57. The third-order valence-corrected chi connectivity index (χ3v) is 4.21. The monoisotopic (exact) mass is 322 g/mol. The van der Waals surface area contributed by atoms with Crippen LogP contribution in [0, 0.1) is 17.2 Å². The van der Waals surface area contributed by atoms with Gasteiger partial charge in [-0.25, -0.2) is 0 Å². The first kappa shape index (κ1) is 14.4. The predicted molar refractivity (Wildman–Crippen MR) is 80.3 cm³/mol. The van der Waals surface area contributed by atoms with Gasteiger partial charge in [0.15, 0.2) is 0 Å². The van der Waals surface area contributed by atoms with Gasteiger partial charge in [-0.1, -0.05) is 15.9 Å². The molecule has 0 saturated heterocycles. The number of nitriles is 1. The van der Waals surface area contributed by atoms with E-state index in [0.29, 0.717) is 12.6 Å². The third-order valence-electron chi connectivity index (χ3n) is 3.72. The molecular weight excluding hydrogens is 304 g/mol. The Morgan fingerprint density at radius 3 is 2.84 bits per heavy atom. The molecule has 1 aliphatic carbocycles. The lowest BCUT2D eigenvalue weighted by atomic mass is 10.1. The van der Waals surface area contributed by atoms with Gasteiger partial charge in [-0.2, -0.15) is 5.26 Å². The van der Waals surface area contributed by atoms with Crippen LogP contribution in [0.2, 0.25) is 0 Å². The second kappa shape index (κ2) is 6.40. The Morgan fingerprint density at radius 2 is 2.26 bits per heavy atom. The molecule has 3 nitrogen and oxygen atoms in total. The summed E-state index contributed by atoms with van der Waals surface area (Å²) >= 11 is 3.42. The minimum atomic E-state index is 0.462. The van der Waals surface area contributed by atoms with E-state index in [-0.39, 0.29) is 0 Å². The van der Waals surface area contributed by atoms with Crippen LogP contribution in [0.5, 0.6) is 0 Å². The van der Waals surface area contributed by atoms with Crippen molar-refractivity contribution < 1.29 is 4.74 Å². The van der Waals surface area contributed by atoms with Crippen molar-refractivity contribution in [2.75, 3.05) is 25.2 Å². The van der Waals surface area contributed by atoms with Gasteiger partial charge >= 0.3 is 0 Å². The van der Waals surface area contributed by atoms with E-state index < -0.39 is 0 Å². The van der Waals surface area contributed by atoms with Crippen molar-refractivity contribution in [1.82, 2.24) is 0 Å². The Labute approximate surface area is 123 Å². The second-order valence-corrected chi connectivity index (χ2v) is 5.95. The maximum absolute atomic E-state index is 9.32. The average molecular weight is 323 g/mol. The van der Waals surface area contributed by atoms with Gasteiger partial charge in [0, 0.05) is 24.2 Å². The van der Waals surface area contributed by atoms with Crippen LogP contribution in [-0.4, -0.2) is 26.3 Å². The minimum absolute atomic E-state index is 0.462. The van der Waals surface area contributed by atoms with Gasteiger partial charge in [-0.3, -0.25) is 0 Å². The summed E-state index contributed by atoms with van der Waals surface area (Å²) in [6.07, 6.45) is 2.59. The molecule has 0 spiro atoms. The Kier molecular flexibility index (Phi) is 4.84. The molecule has 1 atom stereocenters. The zero-order valence-corrected chi connectivity index (χ0v) is 13.0. The van der Waals surface area contributed by atoms with Crippen molar-refractivity contribution >= 4 is 21.6 Å². The molecular formula is C15H19BrN2O. The van der Waals surface area contributed by atoms with E-state index in [9.17, 15) is 5.26 Å². The SMILES string of the molecule is COCCN(c1ccc(Br)cc1C#N)C(C)C1CC1. The molecule has 1 aromatic carbocycles. The topological polar surface area (TPSA) is 36.3 Å². The van der Waals surface area contributed by atoms with Gasteiger partial charge in [0.1, 0.15) is 6.07 Å². The molecule has 1 fully saturated rings. The zero-order chi connectivity index (χ0) is 13.8. The summed E-state index contributed by atoms with van der Waals surface area (Å²) in [5, 5.41) is 9.32. The fourth-order valence-corrected chi connectivity index (χ4v) is 2.78. The van der Waals surface area contributed by atoms with Crippen LogP contribution in [0.3, 0.4) is 0 Å². The smallest absolute Gasteiger partial charge is 0.101 e. The van der Waals surface area contributed by atoms with Crippen molar-refractivity contribution in [2.45, 2.75) is 25.8 Å². The maximum atomic E-state index is 9.32. The van der Waals surface area contributed by atoms with Crippen molar-refractivity contribution in [2.24, 2.45) is 5.92 Å². The highest BCUT2D eigenvalue weighted by atomic mass is 79.9. The maximum Gasteiger partial charge on any atom is 0.101 e. The van der Waals surface area contributed by atoms with Gasteiger partial charge in [-0.05, 0) is 43.9 Å². The van der Waals surface area contributed by atoms with Gasteiger partial charge in [0.05, 0.1) is 17.9 Å². The highest BCUT2D eigenvalue weighted by Gasteiger charge is 2.32. The van der Waals surface area contributed by atoms with Crippen LogP contribution < -0.4 is 4.90 Å². The van der Waals surface area contributed by atoms with E-state index in [4.69, 9.17) is 4.74 Å². The number of nitrogens with zero attached hydrogens (tertiary/aromatic N) is 2. The zero-order valence-electron chi connectivity index (χ0n) is 11.4. The van der Waals surface area contributed by atoms with Crippen molar-refractivity contribution in [3.8, 4) is 6.07 Å². The number of hydrogen-bond acceptors (Lipinski definition) is 3. The lowest BCUT2D eigenvalue weighted by molar-refractivity contribution is 0.202. The summed E-state index contributed by atoms with van der Waals surface area (Å²) in [6, 6.07) is 8.66. The number of rotatable bonds is 6. The second-order valence-electron chi connectivity index (χ2n) is 5.04. The number of hydrogen-bond donors (Lipinski definition) is 0. The van der Waals surface area contributed by atoms with Crippen molar-refractivity contribution in [1.29, 1.82) is 5.26 Å². The number of halogens is 1. The largest absolute Gasteiger partial charge is 0.383 e. The van der Waals surface area contributed by atoms with Crippen LogP contribution in [0.4, 0.5) is 5.69 Å². The van der Waals surface area contributed by atoms with E-state index in [2.05, 4.69) is 33.8 Å². The lowest BCUT2D eigenvalue weighted by Gasteiger charge is -2.32. The van der Waals surface area contributed by atoms with E-state index in [1.165, 1.54) is 12.8 Å². The molecule has 2 rings (SSSR count). The van der Waals surface area contributed by atoms with Gasteiger partial charge in [0.25, 0.3) is 0 Å². The van der Waals surface area contributed by atoms with E-state index in [1.54, 1.807) is 7.11 Å². The van der Waals surface area contributed by atoms with Gasteiger partial charge in [-0.15, -0.1) is 0 Å². The standard InChI is InChI=1S/C15H19BrN2O/c1-11(12-3-4-12)18(7-8-19-2)15-6-5-14(16)9-13(15)10-17/h5-6,9,11-12H,3-4,7-8H2,1-2H3. The summed E-state index contributed by atoms with van der Waals surface area (Å²) < 4.78 is 6.15. The quantitative estimate of drug-likeness (QED) is 0.803. The van der Waals surface area contributed by atoms with Crippen molar-refractivity contribution in [3.05, 3.63) is 28.2 Å². The molecule has 0 heterocycles. The Morgan fingerprint density at radius 1 is 1.53 bits per heavy atom. The molecule has 0 N–H and O–H groups in total. The van der Waals surface area contributed by atoms with Crippen LogP contribution in [0.1, 0.15) is 25.3 Å². The fraction of sp³-hybridized carbons (Fsp3) is 0.533. The molecule has 19 heavy (non-hydrogen) atoms. The molecule has 0 aliphatic heterocycles. The van der Waals surface area contributed by atoms with E-state index in [0.717, 1.165) is 28.2 Å². The highest BCUT2D eigenvalue weighted by Crippen LogP contribution is 2.37.